The van der Waals surface area contributed by atoms with E-state index in [2.05, 4.69) is 6.58 Å². The lowest BCUT2D eigenvalue weighted by atomic mass is 9.99. The van der Waals surface area contributed by atoms with Gasteiger partial charge in [0.25, 0.3) is 5.91 Å². The van der Waals surface area contributed by atoms with Crippen LogP contribution in [-0.4, -0.2) is 50.4 Å². The quantitative estimate of drug-likeness (QED) is 0.356. The van der Waals surface area contributed by atoms with E-state index in [1.54, 1.807) is 31.2 Å². The molecule has 1 amide bonds. The average Bonchev–Trinajstić information content (AvgIpc) is 2.72. The maximum atomic E-state index is 13.2. The fraction of sp³-hybridized carbons (Fsp3) is 0.435. The number of aliphatic hydroxyl groups excluding tert-OH is 1. The van der Waals surface area contributed by atoms with E-state index in [4.69, 9.17) is 9.47 Å². The van der Waals surface area contributed by atoms with Gasteiger partial charge in [0.2, 0.25) is 0 Å². The van der Waals surface area contributed by atoms with Crippen molar-refractivity contribution in [2.75, 3.05) is 34.5 Å². The van der Waals surface area contributed by atoms with Crippen molar-refractivity contribution in [2.24, 2.45) is 0 Å². The van der Waals surface area contributed by atoms with Gasteiger partial charge in [-0.3, -0.25) is 4.79 Å². The van der Waals surface area contributed by atoms with E-state index in [1.165, 1.54) is 7.11 Å². The van der Waals surface area contributed by atoms with Gasteiger partial charge < -0.3 is 19.5 Å². The molecule has 154 valence electrons. The van der Waals surface area contributed by atoms with Gasteiger partial charge >= 0.3 is 0 Å². The molecule has 1 atom stereocenters. The number of methoxy groups -OCH3 is 2. The minimum atomic E-state index is -0.153. The van der Waals surface area contributed by atoms with Gasteiger partial charge in [0, 0.05) is 33.2 Å². The van der Waals surface area contributed by atoms with Crippen molar-refractivity contribution in [1.82, 2.24) is 4.90 Å². The Hall–Kier alpha value is -2.37. The normalized spacial score (nSPS) is 13.2. The molecule has 0 aliphatic carbocycles. The van der Waals surface area contributed by atoms with Crippen LogP contribution in [0.2, 0.25) is 0 Å². The summed E-state index contributed by atoms with van der Waals surface area (Å²) >= 11 is 0. The van der Waals surface area contributed by atoms with Crippen molar-refractivity contribution in [3.8, 4) is 0 Å². The molecule has 1 rings (SSSR count). The summed E-state index contributed by atoms with van der Waals surface area (Å²) in [4.78, 5) is 14.8. The SMILES string of the molecule is C=C(/C=C(C(=O)N(C)Cc1cccc(C(C)CO)c1)\C(=C/COC)OC)CC. The Labute approximate surface area is 169 Å². The predicted octanol–water partition coefficient (Wildman–Crippen LogP) is 3.81. The second-order valence-corrected chi connectivity index (χ2v) is 6.79. The number of ether oxygens (including phenoxy) is 2. The number of amides is 1. The van der Waals surface area contributed by atoms with E-state index < -0.39 is 0 Å². The molecule has 1 aromatic rings. The molecule has 0 spiro atoms. The maximum absolute atomic E-state index is 13.2. The monoisotopic (exact) mass is 387 g/mol. The summed E-state index contributed by atoms with van der Waals surface area (Å²) in [5, 5.41) is 9.38. The number of hydrogen-bond donors (Lipinski definition) is 1. The molecule has 5 nitrogen and oxygen atoms in total. The highest BCUT2D eigenvalue weighted by Gasteiger charge is 2.20. The van der Waals surface area contributed by atoms with Crippen LogP contribution in [0.4, 0.5) is 0 Å². The van der Waals surface area contributed by atoms with Crippen molar-refractivity contribution in [2.45, 2.75) is 32.7 Å². The minimum absolute atomic E-state index is 0.0568. The molecule has 5 heteroatoms. The van der Waals surface area contributed by atoms with Crippen LogP contribution in [0.5, 0.6) is 0 Å². The van der Waals surface area contributed by atoms with Crippen LogP contribution in [-0.2, 0) is 20.8 Å². The topological polar surface area (TPSA) is 59.0 Å². The molecular weight excluding hydrogens is 354 g/mol. The number of hydrogen-bond acceptors (Lipinski definition) is 4. The summed E-state index contributed by atoms with van der Waals surface area (Å²) in [5.74, 6) is 0.372. The zero-order valence-electron chi connectivity index (χ0n) is 17.7. The van der Waals surface area contributed by atoms with E-state index in [0.29, 0.717) is 24.5 Å². The Balaban J connectivity index is 3.11. The van der Waals surface area contributed by atoms with Gasteiger partial charge in [-0.25, -0.2) is 0 Å². The number of nitrogens with zero attached hydrogens (tertiary/aromatic N) is 1. The Bertz CT molecular complexity index is 721. The Kier molecular flexibility index (Phi) is 10.3. The fourth-order valence-corrected chi connectivity index (χ4v) is 2.66. The summed E-state index contributed by atoms with van der Waals surface area (Å²) in [6.45, 7) is 8.83. The smallest absolute Gasteiger partial charge is 0.257 e. The molecule has 0 radical (unpaired) electrons. The van der Waals surface area contributed by atoms with Crippen LogP contribution in [0, 0.1) is 0 Å². The van der Waals surface area contributed by atoms with Gasteiger partial charge in [-0.05, 0) is 29.7 Å². The second kappa shape index (κ2) is 12.2. The largest absolute Gasteiger partial charge is 0.496 e. The van der Waals surface area contributed by atoms with Gasteiger partial charge in [0.1, 0.15) is 5.76 Å². The molecule has 0 aliphatic rings. The molecule has 0 saturated carbocycles. The molecule has 0 saturated heterocycles. The molecule has 0 fully saturated rings. The summed E-state index contributed by atoms with van der Waals surface area (Å²) in [6.07, 6.45) is 4.25. The van der Waals surface area contributed by atoms with E-state index in [-0.39, 0.29) is 18.4 Å². The molecule has 28 heavy (non-hydrogen) atoms. The zero-order chi connectivity index (χ0) is 21.1. The minimum Gasteiger partial charge on any atom is -0.496 e. The van der Waals surface area contributed by atoms with Crippen LogP contribution >= 0.6 is 0 Å². The lowest BCUT2D eigenvalue weighted by Crippen LogP contribution is -2.29. The Morgan fingerprint density at radius 1 is 1.36 bits per heavy atom. The Morgan fingerprint density at radius 2 is 2.07 bits per heavy atom. The first-order valence-electron chi connectivity index (χ1n) is 9.45. The van der Waals surface area contributed by atoms with Crippen LogP contribution < -0.4 is 0 Å². The van der Waals surface area contributed by atoms with Gasteiger partial charge in [-0.1, -0.05) is 50.3 Å². The maximum Gasteiger partial charge on any atom is 0.257 e. The predicted molar refractivity (Wildman–Crippen MR) is 113 cm³/mol. The van der Waals surface area contributed by atoms with Gasteiger partial charge in [-0.2, -0.15) is 0 Å². The van der Waals surface area contributed by atoms with Crippen molar-refractivity contribution in [3.63, 3.8) is 0 Å². The first kappa shape index (κ1) is 23.7. The number of benzene rings is 1. The van der Waals surface area contributed by atoms with E-state index in [9.17, 15) is 9.90 Å². The van der Waals surface area contributed by atoms with Crippen molar-refractivity contribution in [3.05, 3.63) is 71.0 Å². The summed E-state index contributed by atoms with van der Waals surface area (Å²) in [5.41, 5.74) is 3.35. The molecule has 0 aromatic heterocycles. The highest BCUT2D eigenvalue weighted by Crippen LogP contribution is 2.20. The lowest BCUT2D eigenvalue weighted by Gasteiger charge is -2.21. The van der Waals surface area contributed by atoms with Crippen molar-refractivity contribution in [1.29, 1.82) is 0 Å². The molecule has 0 heterocycles. The number of rotatable bonds is 11. The number of carbonyl (C=O) groups is 1. The second-order valence-electron chi connectivity index (χ2n) is 6.79. The van der Waals surface area contributed by atoms with E-state index in [1.807, 2.05) is 38.1 Å². The average molecular weight is 388 g/mol. The Morgan fingerprint density at radius 3 is 2.64 bits per heavy atom. The van der Waals surface area contributed by atoms with Crippen LogP contribution in [0.1, 0.15) is 37.3 Å². The summed E-state index contributed by atoms with van der Waals surface area (Å²) < 4.78 is 10.5. The van der Waals surface area contributed by atoms with Crippen molar-refractivity contribution < 1.29 is 19.4 Å². The molecule has 0 aliphatic heterocycles. The number of allylic oxidation sites excluding steroid dienone is 2. The van der Waals surface area contributed by atoms with Crippen LogP contribution in [0.15, 0.2) is 59.9 Å². The van der Waals surface area contributed by atoms with E-state index in [0.717, 1.165) is 23.1 Å². The van der Waals surface area contributed by atoms with E-state index >= 15 is 0 Å². The first-order valence-corrected chi connectivity index (χ1v) is 9.45. The lowest BCUT2D eigenvalue weighted by molar-refractivity contribution is -0.126. The van der Waals surface area contributed by atoms with Crippen LogP contribution in [0.3, 0.4) is 0 Å². The fourth-order valence-electron chi connectivity index (χ4n) is 2.66. The first-order chi connectivity index (χ1) is 13.4. The number of likely N-dealkylation sites (N-methyl/N-ethyl adjacent to an activating group) is 1. The van der Waals surface area contributed by atoms with Crippen molar-refractivity contribution >= 4 is 5.91 Å². The molecule has 1 N–H and O–H groups in total. The molecule has 1 aromatic carbocycles. The van der Waals surface area contributed by atoms with Gasteiger partial charge in [-0.15, -0.1) is 0 Å². The highest BCUT2D eigenvalue weighted by atomic mass is 16.5. The summed E-state index contributed by atoms with van der Waals surface area (Å²) in [7, 11) is 4.89. The molecule has 1 unspecified atom stereocenters. The summed E-state index contributed by atoms with van der Waals surface area (Å²) in [6, 6.07) is 7.93. The highest BCUT2D eigenvalue weighted by molar-refractivity contribution is 5.97. The number of aliphatic hydroxyl groups is 1. The standard InChI is InChI=1S/C23H33NO4/c1-7-17(2)13-21(22(28-6)11-12-27-5)23(26)24(4)15-19-9-8-10-20(14-19)18(3)16-25/h8-11,13-14,18,25H,2,7,12,15-16H2,1,3-6H3/b21-13+,22-11+. The molecular formula is C23H33NO4. The third kappa shape index (κ3) is 6.98. The van der Waals surface area contributed by atoms with Crippen LogP contribution in [0.25, 0.3) is 0 Å². The van der Waals surface area contributed by atoms with Gasteiger partial charge in [0.05, 0.1) is 19.3 Å². The number of carbonyl (C=O) groups excluding carboxylic acids is 1. The third-order valence-electron chi connectivity index (χ3n) is 4.51. The van der Waals surface area contributed by atoms with Gasteiger partial charge in [0.15, 0.2) is 0 Å². The third-order valence-corrected chi connectivity index (χ3v) is 4.51. The molecule has 0 bridgehead atoms. The zero-order valence-corrected chi connectivity index (χ0v) is 17.7.